The molecule has 0 unspecified atom stereocenters. The third kappa shape index (κ3) is 3.90. The molecule has 1 amide bonds. The third-order valence-electron chi connectivity index (χ3n) is 3.21. The molecule has 114 valence electrons. The molecule has 0 saturated carbocycles. The summed E-state index contributed by atoms with van der Waals surface area (Å²) in [4.78, 5) is 13.6. The number of hydrogen-bond donors (Lipinski definition) is 2. The van der Waals surface area contributed by atoms with Crippen molar-refractivity contribution in [2.24, 2.45) is 0 Å². The van der Waals surface area contributed by atoms with Crippen molar-refractivity contribution in [1.29, 1.82) is 0 Å². The van der Waals surface area contributed by atoms with E-state index in [9.17, 15) is 15.0 Å². The van der Waals surface area contributed by atoms with E-state index in [1.54, 1.807) is 11.0 Å². The van der Waals surface area contributed by atoms with Crippen LogP contribution in [0, 0.1) is 0 Å². The molecule has 5 nitrogen and oxygen atoms in total. The van der Waals surface area contributed by atoms with Gasteiger partial charge in [-0.05, 0) is 50.5 Å². The Morgan fingerprint density at radius 2 is 1.95 bits per heavy atom. The number of aromatic hydroxyl groups is 2. The van der Waals surface area contributed by atoms with Gasteiger partial charge in [-0.1, -0.05) is 12.1 Å². The van der Waals surface area contributed by atoms with Gasteiger partial charge in [0.25, 0.3) is 0 Å². The minimum atomic E-state index is -0.496. The average Bonchev–Trinajstić information content (AvgIpc) is 2.40. The van der Waals surface area contributed by atoms with Gasteiger partial charge in [0.1, 0.15) is 5.60 Å². The predicted octanol–water partition coefficient (Wildman–Crippen LogP) is 3.12. The first-order valence-corrected chi connectivity index (χ1v) is 6.95. The molecule has 0 atom stereocenters. The van der Waals surface area contributed by atoms with E-state index >= 15 is 0 Å². The Labute approximate surface area is 124 Å². The summed E-state index contributed by atoms with van der Waals surface area (Å²) in [5, 5.41) is 18.9. The number of hydrogen-bond acceptors (Lipinski definition) is 4. The maximum Gasteiger partial charge on any atom is 0.410 e. The summed E-state index contributed by atoms with van der Waals surface area (Å²) in [6, 6.07) is 4.75. The minimum Gasteiger partial charge on any atom is -0.504 e. The molecular formula is C16H21NO4. The zero-order valence-electron chi connectivity index (χ0n) is 12.6. The fraction of sp³-hybridized carbons (Fsp3) is 0.438. The van der Waals surface area contributed by atoms with Crippen molar-refractivity contribution in [3.63, 3.8) is 0 Å². The van der Waals surface area contributed by atoms with Gasteiger partial charge < -0.3 is 19.8 Å². The highest BCUT2D eigenvalue weighted by molar-refractivity contribution is 5.73. The lowest BCUT2D eigenvalue weighted by molar-refractivity contribution is 0.0270. The van der Waals surface area contributed by atoms with Gasteiger partial charge in [-0.2, -0.15) is 0 Å². The lowest BCUT2D eigenvalue weighted by Crippen LogP contribution is -2.39. The van der Waals surface area contributed by atoms with Crippen LogP contribution in [-0.4, -0.2) is 39.9 Å². The van der Waals surface area contributed by atoms with Gasteiger partial charge in [-0.3, -0.25) is 0 Å². The zero-order chi connectivity index (χ0) is 15.6. The summed E-state index contributed by atoms with van der Waals surface area (Å²) < 4.78 is 5.34. The van der Waals surface area contributed by atoms with Crippen LogP contribution >= 0.6 is 0 Å². The van der Waals surface area contributed by atoms with Crippen LogP contribution < -0.4 is 0 Å². The van der Waals surface area contributed by atoms with Gasteiger partial charge in [0.2, 0.25) is 0 Å². The van der Waals surface area contributed by atoms with Crippen LogP contribution in [0.25, 0.3) is 5.57 Å². The Balaban J connectivity index is 2.05. The van der Waals surface area contributed by atoms with Crippen LogP contribution in [0.1, 0.15) is 32.8 Å². The van der Waals surface area contributed by atoms with Gasteiger partial charge in [0, 0.05) is 13.1 Å². The molecule has 0 spiro atoms. The molecule has 1 heterocycles. The Morgan fingerprint density at radius 1 is 1.24 bits per heavy atom. The molecular weight excluding hydrogens is 270 g/mol. The fourth-order valence-electron chi connectivity index (χ4n) is 2.15. The second-order valence-corrected chi connectivity index (χ2v) is 6.11. The van der Waals surface area contributed by atoms with Crippen LogP contribution in [0.2, 0.25) is 0 Å². The SMILES string of the molecule is CC(C)(C)OC(=O)N1CC=C(c2ccc(O)c(O)c2)CC1. The minimum absolute atomic E-state index is 0.134. The van der Waals surface area contributed by atoms with Crippen molar-refractivity contribution in [1.82, 2.24) is 4.90 Å². The maximum atomic E-state index is 12.0. The number of carbonyl (C=O) groups excluding carboxylic acids is 1. The molecule has 0 saturated heterocycles. The van der Waals surface area contributed by atoms with E-state index in [1.807, 2.05) is 26.8 Å². The lowest BCUT2D eigenvalue weighted by atomic mass is 9.99. The summed E-state index contributed by atoms with van der Waals surface area (Å²) in [5.74, 6) is -0.270. The molecule has 1 aromatic carbocycles. The van der Waals surface area contributed by atoms with Gasteiger partial charge in [-0.25, -0.2) is 4.79 Å². The van der Waals surface area contributed by atoms with Crippen LogP contribution in [0.15, 0.2) is 24.3 Å². The number of amides is 1. The molecule has 21 heavy (non-hydrogen) atoms. The summed E-state index contributed by atoms with van der Waals surface area (Å²) in [6.07, 6.45) is 2.31. The maximum absolute atomic E-state index is 12.0. The average molecular weight is 291 g/mol. The Hall–Kier alpha value is -2.17. The van der Waals surface area contributed by atoms with Crippen molar-refractivity contribution in [3.8, 4) is 11.5 Å². The molecule has 1 aliphatic rings. The molecule has 0 fully saturated rings. The number of benzene rings is 1. The highest BCUT2D eigenvalue weighted by Gasteiger charge is 2.23. The topological polar surface area (TPSA) is 70.0 Å². The number of nitrogens with zero attached hydrogens (tertiary/aromatic N) is 1. The molecule has 1 aliphatic heterocycles. The van der Waals surface area contributed by atoms with Gasteiger partial charge in [0.05, 0.1) is 0 Å². The smallest absolute Gasteiger partial charge is 0.410 e. The van der Waals surface area contributed by atoms with Crippen molar-refractivity contribution in [2.45, 2.75) is 32.8 Å². The standard InChI is InChI=1S/C16H21NO4/c1-16(2,3)21-15(20)17-8-6-11(7-9-17)12-4-5-13(18)14(19)10-12/h4-6,10,18-19H,7-9H2,1-3H3. The van der Waals surface area contributed by atoms with Gasteiger partial charge in [-0.15, -0.1) is 0 Å². The second-order valence-electron chi connectivity index (χ2n) is 6.11. The lowest BCUT2D eigenvalue weighted by Gasteiger charge is -2.29. The van der Waals surface area contributed by atoms with Crippen LogP contribution in [-0.2, 0) is 4.74 Å². The van der Waals surface area contributed by atoms with Gasteiger partial charge in [0.15, 0.2) is 11.5 Å². The van der Waals surface area contributed by atoms with Crippen LogP contribution in [0.3, 0.4) is 0 Å². The normalized spacial score (nSPS) is 15.6. The molecule has 0 aliphatic carbocycles. The van der Waals surface area contributed by atoms with Crippen LogP contribution in [0.5, 0.6) is 11.5 Å². The number of carbonyl (C=O) groups is 1. The predicted molar refractivity (Wildman–Crippen MR) is 80.2 cm³/mol. The molecule has 2 N–H and O–H groups in total. The molecule has 0 radical (unpaired) electrons. The fourth-order valence-corrected chi connectivity index (χ4v) is 2.15. The van der Waals surface area contributed by atoms with E-state index in [0.717, 1.165) is 11.1 Å². The Kier molecular flexibility index (Phi) is 4.11. The quantitative estimate of drug-likeness (QED) is 0.780. The number of phenols is 2. The molecule has 0 bridgehead atoms. The van der Waals surface area contributed by atoms with Crippen molar-refractivity contribution >= 4 is 11.7 Å². The first-order valence-electron chi connectivity index (χ1n) is 6.95. The Bertz CT molecular complexity index is 572. The summed E-state index contributed by atoms with van der Waals surface area (Å²) in [5.41, 5.74) is 1.41. The van der Waals surface area contributed by atoms with Crippen molar-refractivity contribution in [2.75, 3.05) is 13.1 Å². The first kappa shape index (κ1) is 15.2. The Morgan fingerprint density at radius 3 is 2.48 bits per heavy atom. The second kappa shape index (κ2) is 5.68. The number of rotatable bonds is 1. The van der Waals surface area contributed by atoms with Crippen molar-refractivity contribution in [3.05, 3.63) is 29.8 Å². The molecule has 1 aromatic rings. The van der Waals surface area contributed by atoms with Gasteiger partial charge >= 0.3 is 6.09 Å². The molecule has 5 heteroatoms. The third-order valence-corrected chi connectivity index (χ3v) is 3.21. The van der Waals surface area contributed by atoms with E-state index in [-0.39, 0.29) is 17.6 Å². The summed E-state index contributed by atoms with van der Waals surface area (Å²) in [6.45, 7) is 6.58. The van der Waals surface area contributed by atoms with E-state index in [0.29, 0.717) is 19.5 Å². The zero-order valence-corrected chi connectivity index (χ0v) is 12.6. The molecule has 0 aromatic heterocycles. The van der Waals surface area contributed by atoms with E-state index < -0.39 is 5.60 Å². The summed E-state index contributed by atoms with van der Waals surface area (Å²) >= 11 is 0. The monoisotopic (exact) mass is 291 g/mol. The van der Waals surface area contributed by atoms with E-state index in [2.05, 4.69) is 0 Å². The highest BCUT2D eigenvalue weighted by Crippen LogP contribution is 2.30. The van der Waals surface area contributed by atoms with E-state index in [4.69, 9.17) is 4.74 Å². The van der Waals surface area contributed by atoms with Crippen molar-refractivity contribution < 1.29 is 19.7 Å². The van der Waals surface area contributed by atoms with Crippen LogP contribution in [0.4, 0.5) is 4.79 Å². The first-order chi connectivity index (χ1) is 9.76. The summed E-state index contributed by atoms with van der Waals surface area (Å²) in [7, 11) is 0. The molecule has 2 rings (SSSR count). The highest BCUT2D eigenvalue weighted by atomic mass is 16.6. The largest absolute Gasteiger partial charge is 0.504 e. The number of ether oxygens (including phenoxy) is 1. The van der Waals surface area contributed by atoms with E-state index in [1.165, 1.54) is 12.1 Å². The number of phenolic OH excluding ortho intramolecular Hbond substituents is 2.